The van der Waals surface area contributed by atoms with E-state index < -0.39 is 35.7 Å². The molecule has 2 heterocycles. The van der Waals surface area contributed by atoms with Crippen LogP contribution in [0.15, 0.2) is 36.4 Å². The van der Waals surface area contributed by atoms with Crippen LogP contribution in [0.3, 0.4) is 0 Å². The van der Waals surface area contributed by atoms with Crippen molar-refractivity contribution >= 4 is 35.3 Å². The molecule has 0 radical (unpaired) electrons. The molecule has 2 aromatic rings. The Balaban J connectivity index is 1.43. The minimum atomic E-state index is -1.01. The first kappa shape index (κ1) is 21.2. The molecule has 32 heavy (non-hydrogen) atoms. The zero-order chi connectivity index (χ0) is 23.0. The average Bonchev–Trinajstić information content (AvgIpc) is 2.99. The van der Waals surface area contributed by atoms with Gasteiger partial charge in [-0.25, -0.2) is 4.79 Å². The minimum absolute atomic E-state index is 0.0641. The number of carbonyl (C=O) groups excluding carboxylic acids is 5. The molecule has 164 valence electrons. The van der Waals surface area contributed by atoms with Crippen LogP contribution in [0, 0.1) is 13.8 Å². The number of piperidine rings is 1. The highest BCUT2D eigenvalue weighted by Crippen LogP contribution is 2.28. The van der Waals surface area contributed by atoms with Crippen molar-refractivity contribution in [3.05, 3.63) is 64.2 Å². The Morgan fingerprint density at radius 1 is 1.00 bits per heavy atom. The van der Waals surface area contributed by atoms with Crippen LogP contribution < -0.4 is 16.0 Å². The molecule has 0 bridgehead atoms. The van der Waals surface area contributed by atoms with Crippen LogP contribution in [0.1, 0.15) is 50.2 Å². The molecule has 9 nitrogen and oxygen atoms in total. The molecule has 1 fully saturated rings. The van der Waals surface area contributed by atoms with Gasteiger partial charge in [0.15, 0.2) is 0 Å². The average molecular weight is 434 g/mol. The quantitative estimate of drug-likeness (QED) is 0.635. The molecular formula is C23H22N4O5. The molecule has 0 saturated carbocycles. The van der Waals surface area contributed by atoms with E-state index in [1.165, 1.54) is 12.1 Å². The van der Waals surface area contributed by atoms with Gasteiger partial charge in [-0.15, -0.1) is 0 Å². The standard InChI is InChI=1S/C23H22N4O5/c1-12-3-5-15(9-13(12)2)25-23(32)24-11-14-4-6-16-17(10-14)22(31)27(21(16)30)18-7-8-19(28)26-20(18)29/h3-6,9-10,18H,7-8,11H2,1-2H3,(H2,24,25,32)(H,26,28,29). The first-order chi connectivity index (χ1) is 15.2. The van der Waals surface area contributed by atoms with Gasteiger partial charge >= 0.3 is 6.03 Å². The lowest BCUT2D eigenvalue weighted by Gasteiger charge is -2.27. The number of fused-ring (bicyclic) bond motifs is 1. The maximum Gasteiger partial charge on any atom is 0.319 e. The Labute approximate surface area is 184 Å². The van der Waals surface area contributed by atoms with Crippen molar-refractivity contribution in [3.63, 3.8) is 0 Å². The summed E-state index contributed by atoms with van der Waals surface area (Å²) in [5.41, 5.74) is 3.85. The second kappa shape index (κ2) is 8.26. The highest BCUT2D eigenvalue weighted by Gasteiger charge is 2.44. The van der Waals surface area contributed by atoms with Gasteiger partial charge in [0.25, 0.3) is 11.8 Å². The summed E-state index contributed by atoms with van der Waals surface area (Å²) in [4.78, 5) is 62.2. The number of anilines is 1. The first-order valence-electron chi connectivity index (χ1n) is 10.2. The molecule has 1 saturated heterocycles. The third-order valence-electron chi connectivity index (χ3n) is 5.72. The van der Waals surface area contributed by atoms with E-state index in [-0.39, 0.29) is 30.5 Å². The summed E-state index contributed by atoms with van der Waals surface area (Å²) in [6.45, 7) is 4.09. The van der Waals surface area contributed by atoms with Gasteiger partial charge in [-0.1, -0.05) is 12.1 Å². The van der Waals surface area contributed by atoms with Crippen LogP contribution >= 0.6 is 0 Å². The van der Waals surface area contributed by atoms with Crippen LogP contribution in [0.25, 0.3) is 0 Å². The minimum Gasteiger partial charge on any atom is -0.334 e. The Kier molecular flexibility index (Phi) is 5.48. The van der Waals surface area contributed by atoms with Crippen LogP contribution in [0.2, 0.25) is 0 Å². The third-order valence-corrected chi connectivity index (χ3v) is 5.72. The molecule has 2 aromatic carbocycles. The van der Waals surface area contributed by atoms with E-state index in [1.807, 2.05) is 32.0 Å². The zero-order valence-corrected chi connectivity index (χ0v) is 17.7. The Morgan fingerprint density at radius 2 is 1.75 bits per heavy atom. The number of aryl methyl sites for hydroxylation is 2. The predicted octanol–water partition coefficient (Wildman–Crippen LogP) is 2.03. The van der Waals surface area contributed by atoms with E-state index >= 15 is 0 Å². The predicted molar refractivity (Wildman–Crippen MR) is 115 cm³/mol. The fourth-order valence-corrected chi connectivity index (χ4v) is 3.80. The summed E-state index contributed by atoms with van der Waals surface area (Å²) in [6, 6.07) is 8.89. The molecule has 3 N–H and O–H groups in total. The van der Waals surface area contributed by atoms with Crippen molar-refractivity contribution in [2.24, 2.45) is 0 Å². The summed E-state index contributed by atoms with van der Waals surface area (Å²) in [6.07, 6.45) is 0.164. The molecule has 2 aliphatic rings. The largest absolute Gasteiger partial charge is 0.334 e. The number of benzene rings is 2. The molecular weight excluding hydrogens is 412 g/mol. The molecule has 0 aliphatic carbocycles. The fraction of sp³-hybridized carbons (Fsp3) is 0.261. The topological polar surface area (TPSA) is 125 Å². The fourth-order valence-electron chi connectivity index (χ4n) is 3.80. The molecule has 9 heteroatoms. The Hall–Kier alpha value is -4.01. The van der Waals surface area contributed by atoms with Gasteiger partial charge in [-0.05, 0) is 61.2 Å². The van der Waals surface area contributed by atoms with Gasteiger partial charge in [-0.3, -0.25) is 29.4 Å². The maximum atomic E-state index is 12.9. The van der Waals surface area contributed by atoms with Crippen LogP contribution in [0.4, 0.5) is 10.5 Å². The molecule has 1 unspecified atom stereocenters. The highest BCUT2D eigenvalue weighted by molar-refractivity contribution is 6.23. The lowest BCUT2D eigenvalue weighted by molar-refractivity contribution is -0.136. The van der Waals surface area contributed by atoms with Gasteiger partial charge in [0, 0.05) is 18.7 Å². The second-order valence-electron chi connectivity index (χ2n) is 7.93. The normalized spacial score (nSPS) is 17.8. The van der Waals surface area contributed by atoms with Crippen molar-refractivity contribution in [2.75, 3.05) is 5.32 Å². The summed E-state index contributed by atoms with van der Waals surface area (Å²) < 4.78 is 0. The Bertz CT molecular complexity index is 1170. The number of carbonyl (C=O) groups is 5. The summed E-state index contributed by atoms with van der Waals surface area (Å²) in [7, 11) is 0. The maximum absolute atomic E-state index is 12.9. The number of rotatable bonds is 4. The van der Waals surface area contributed by atoms with Gasteiger partial charge in [0.05, 0.1) is 11.1 Å². The van der Waals surface area contributed by atoms with Gasteiger partial charge in [0.1, 0.15) is 6.04 Å². The molecule has 6 amide bonds. The number of hydrogen-bond acceptors (Lipinski definition) is 5. The summed E-state index contributed by atoms with van der Waals surface area (Å²) in [5, 5.41) is 7.65. The van der Waals surface area contributed by atoms with E-state index in [1.54, 1.807) is 6.07 Å². The smallest absolute Gasteiger partial charge is 0.319 e. The van der Waals surface area contributed by atoms with Crippen molar-refractivity contribution in [3.8, 4) is 0 Å². The molecule has 1 atom stereocenters. The molecule has 4 rings (SSSR count). The van der Waals surface area contributed by atoms with E-state index in [0.29, 0.717) is 11.3 Å². The number of amides is 6. The lowest BCUT2D eigenvalue weighted by atomic mass is 10.0. The SMILES string of the molecule is Cc1ccc(NC(=O)NCc2ccc3c(c2)C(=O)N(C2CCC(=O)NC2=O)C3=O)cc1C. The van der Waals surface area contributed by atoms with Crippen LogP contribution in [0.5, 0.6) is 0 Å². The summed E-state index contributed by atoms with van der Waals surface area (Å²) >= 11 is 0. The summed E-state index contributed by atoms with van der Waals surface area (Å²) in [5.74, 6) is -2.22. The molecule has 0 spiro atoms. The molecule has 0 aromatic heterocycles. The number of hydrogen-bond donors (Lipinski definition) is 3. The third kappa shape index (κ3) is 3.96. The van der Waals surface area contributed by atoms with E-state index in [0.717, 1.165) is 16.0 Å². The van der Waals surface area contributed by atoms with Crippen molar-refractivity contribution in [1.82, 2.24) is 15.5 Å². The number of urea groups is 1. The molecule has 2 aliphatic heterocycles. The van der Waals surface area contributed by atoms with Crippen molar-refractivity contribution < 1.29 is 24.0 Å². The zero-order valence-electron chi connectivity index (χ0n) is 17.7. The van der Waals surface area contributed by atoms with E-state index in [9.17, 15) is 24.0 Å². The van der Waals surface area contributed by atoms with Gasteiger partial charge in [-0.2, -0.15) is 0 Å². The number of imide groups is 2. The number of nitrogens with zero attached hydrogens (tertiary/aromatic N) is 1. The van der Waals surface area contributed by atoms with Crippen LogP contribution in [-0.2, 0) is 16.1 Å². The second-order valence-corrected chi connectivity index (χ2v) is 7.93. The van der Waals surface area contributed by atoms with E-state index in [2.05, 4.69) is 16.0 Å². The van der Waals surface area contributed by atoms with Gasteiger partial charge in [0.2, 0.25) is 11.8 Å². The van der Waals surface area contributed by atoms with Crippen molar-refractivity contribution in [2.45, 2.75) is 39.3 Å². The van der Waals surface area contributed by atoms with Gasteiger partial charge < -0.3 is 10.6 Å². The lowest BCUT2D eigenvalue weighted by Crippen LogP contribution is -2.54. The number of nitrogens with one attached hydrogen (secondary N) is 3. The first-order valence-corrected chi connectivity index (χ1v) is 10.2. The van der Waals surface area contributed by atoms with E-state index in [4.69, 9.17) is 0 Å². The highest BCUT2D eigenvalue weighted by atomic mass is 16.2. The van der Waals surface area contributed by atoms with Crippen LogP contribution in [-0.4, -0.2) is 40.6 Å². The monoisotopic (exact) mass is 434 g/mol. The van der Waals surface area contributed by atoms with Crippen molar-refractivity contribution in [1.29, 1.82) is 0 Å². The Morgan fingerprint density at radius 3 is 2.47 bits per heavy atom.